The topological polar surface area (TPSA) is 76.1 Å². The molecule has 0 aliphatic heterocycles. The molecular formula is C11H9F3N2O2. The van der Waals surface area contributed by atoms with E-state index in [9.17, 15) is 18.0 Å². The predicted molar refractivity (Wildman–Crippen MR) is 55.4 cm³/mol. The van der Waals surface area contributed by atoms with Gasteiger partial charge < -0.3 is 10.5 Å². The second kappa shape index (κ2) is 5.06. The van der Waals surface area contributed by atoms with Crippen LogP contribution < -0.4 is 5.73 Å². The Morgan fingerprint density at radius 3 is 2.50 bits per heavy atom. The van der Waals surface area contributed by atoms with Gasteiger partial charge in [-0.1, -0.05) is 0 Å². The van der Waals surface area contributed by atoms with Gasteiger partial charge in [-0.25, -0.2) is 4.79 Å². The summed E-state index contributed by atoms with van der Waals surface area (Å²) >= 11 is 0. The Labute approximate surface area is 101 Å². The molecular weight excluding hydrogens is 249 g/mol. The van der Waals surface area contributed by atoms with Crippen LogP contribution in [0.2, 0.25) is 0 Å². The zero-order chi connectivity index (χ0) is 13.9. The van der Waals surface area contributed by atoms with E-state index in [1.54, 1.807) is 6.07 Å². The summed E-state index contributed by atoms with van der Waals surface area (Å²) in [4.78, 5) is 11.4. The maximum absolute atomic E-state index is 12.6. The third kappa shape index (κ3) is 2.60. The van der Waals surface area contributed by atoms with E-state index in [1.165, 1.54) is 0 Å². The lowest BCUT2D eigenvalue weighted by molar-refractivity contribution is -0.137. The SMILES string of the molecule is COC(=O)c1cc(C(F)(F)F)cc(CN)c1C#N. The van der Waals surface area contributed by atoms with Crippen LogP contribution in [0.3, 0.4) is 0 Å². The number of halogens is 3. The van der Waals surface area contributed by atoms with Crippen LogP contribution in [0.4, 0.5) is 13.2 Å². The van der Waals surface area contributed by atoms with Crippen molar-refractivity contribution in [2.75, 3.05) is 7.11 Å². The van der Waals surface area contributed by atoms with Crippen LogP contribution >= 0.6 is 0 Å². The van der Waals surface area contributed by atoms with Crippen LogP contribution in [0.1, 0.15) is 27.0 Å². The predicted octanol–water partition coefficient (Wildman–Crippen LogP) is 1.82. The molecule has 0 amide bonds. The molecule has 0 aliphatic rings. The van der Waals surface area contributed by atoms with Crippen molar-refractivity contribution in [2.24, 2.45) is 5.73 Å². The first-order valence-corrected chi connectivity index (χ1v) is 4.77. The van der Waals surface area contributed by atoms with Crippen LogP contribution in [0.25, 0.3) is 0 Å². The number of nitrogens with zero attached hydrogens (tertiary/aromatic N) is 1. The Bertz CT molecular complexity index is 518. The molecule has 4 nitrogen and oxygen atoms in total. The molecule has 0 saturated heterocycles. The molecule has 1 aromatic rings. The molecule has 96 valence electrons. The summed E-state index contributed by atoms with van der Waals surface area (Å²) in [5.41, 5.74) is 3.56. The number of methoxy groups -OCH3 is 1. The highest BCUT2D eigenvalue weighted by Crippen LogP contribution is 2.32. The molecule has 1 aromatic carbocycles. The summed E-state index contributed by atoms with van der Waals surface area (Å²) in [6, 6.07) is 3.00. The van der Waals surface area contributed by atoms with E-state index >= 15 is 0 Å². The Kier molecular flexibility index (Phi) is 3.93. The summed E-state index contributed by atoms with van der Waals surface area (Å²) in [7, 11) is 1.02. The molecule has 7 heteroatoms. The Morgan fingerprint density at radius 1 is 1.50 bits per heavy atom. The maximum atomic E-state index is 12.6. The fourth-order valence-electron chi connectivity index (χ4n) is 1.43. The number of ether oxygens (including phenoxy) is 1. The van der Waals surface area contributed by atoms with Gasteiger partial charge in [0.2, 0.25) is 0 Å². The Hall–Kier alpha value is -2.07. The van der Waals surface area contributed by atoms with E-state index in [0.29, 0.717) is 6.07 Å². The number of nitrogens with two attached hydrogens (primary N) is 1. The zero-order valence-electron chi connectivity index (χ0n) is 9.34. The summed E-state index contributed by atoms with van der Waals surface area (Å²) in [6.07, 6.45) is -4.62. The van der Waals surface area contributed by atoms with Gasteiger partial charge >= 0.3 is 12.1 Å². The second-order valence-electron chi connectivity index (χ2n) is 3.36. The van der Waals surface area contributed by atoms with E-state index in [2.05, 4.69) is 4.74 Å². The van der Waals surface area contributed by atoms with Gasteiger partial charge in [0.15, 0.2) is 0 Å². The number of rotatable bonds is 2. The van der Waals surface area contributed by atoms with E-state index in [0.717, 1.165) is 13.2 Å². The van der Waals surface area contributed by atoms with Gasteiger partial charge in [0.1, 0.15) is 6.07 Å². The number of hydrogen-bond acceptors (Lipinski definition) is 4. The average molecular weight is 258 g/mol. The number of carbonyl (C=O) groups is 1. The van der Waals surface area contributed by atoms with Crippen molar-refractivity contribution in [1.82, 2.24) is 0 Å². The lowest BCUT2D eigenvalue weighted by Crippen LogP contribution is -2.14. The quantitative estimate of drug-likeness (QED) is 0.821. The van der Waals surface area contributed by atoms with Gasteiger partial charge in [-0.3, -0.25) is 0 Å². The number of esters is 1. The first kappa shape index (κ1) is 14.0. The molecule has 0 radical (unpaired) electrons. The Balaban J connectivity index is 3.57. The van der Waals surface area contributed by atoms with Gasteiger partial charge in [0, 0.05) is 6.54 Å². The van der Waals surface area contributed by atoms with Crippen molar-refractivity contribution in [3.63, 3.8) is 0 Å². The lowest BCUT2D eigenvalue weighted by Gasteiger charge is -2.12. The molecule has 0 aromatic heterocycles. The number of carbonyl (C=O) groups excluding carboxylic acids is 1. The van der Waals surface area contributed by atoms with Crippen LogP contribution in [0.15, 0.2) is 12.1 Å². The molecule has 0 heterocycles. The van der Waals surface area contributed by atoms with E-state index in [4.69, 9.17) is 11.0 Å². The van der Waals surface area contributed by atoms with Crippen LogP contribution in [-0.4, -0.2) is 13.1 Å². The monoisotopic (exact) mass is 258 g/mol. The smallest absolute Gasteiger partial charge is 0.416 e. The average Bonchev–Trinajstić information content (AvgIpc) is 2.34. The van der Waals surface area contributed by atoms with Crippen molar-refractivity contribution in [2.45, 2.75) is 12.7 Å². The molecule has 0 bridgehead atoms. The molecule has 0 aliphatic carbocycles. The van der Waals surface area contributed by atoms with Crippen molar-refractivity contribution >= 4 is 5.97 Å². The normalized spacial score (nSPS) is 10.9. The molecule has 18 heavy (non-hydrogen) atoms. The fourth-order valence-corrected chi connectivity index (χ4v) is 1.43. The van der Waals surface area contributed by atoms with Crippen LogP contribution in [0, 0.1) is 11.3 Å². The molecule has 2 N–H and O–H groups in total. The summed E-state index contributed by atoms with van der Waals surface area (Å²) in [5.74, 6) is -1.01. The van der Waals surface area contributed by atoms with Gasteiger partial charge in [0.25, 0.3) is 0 Å². The van der Waals surface area contributed by atoms with Gasteiger partial charge in [-0.15, -0.1) is 0 Å². The molecule has 0 atom stereocenters. The second-order valence-corrected chi connectivity index (χ2v) is 3.36. The molecule has 1 rings (SSSR count). The van der Waals surface area contributed by atoms with Gasteiger partial charge in [-0.2, -0.15) is 18.4 Å². The highest BCUT2D eigenvalue weighted by atomic mass is 19.4. The van der Waals surface area contributed by atoms with E-state index in [1.807, 2.05) is 0 Å². The number of benzene rings is 1. The number of nitriles is 1. The Morgan fingerprint density at radius 2 is 2.11 bits per heavy atom. The summed E-state index contributed by atoms with van der Waals surface area (Å²) < 4.78 is 42.2. The van der Waals surface area contributed by atoms with Gasteiger partial charge in [-0.05, 0) is 17.7 Å². The largest absolute Gasteiger partial charge is 0.465 e. The standard InChI is InChI=1S/C11H9F3N2O2/c1-18-10(17)8-3-7(11(12,13)14)2-6(4-15)9(8)5-16/h2-3H,4,15H2,1H3. The highest BCUT2D eigenvalue weighted by molar-refractivity contribution is 5.93. The number of alkyl halides is 3. The van der Waals surface area contributed by atoms with E-state index < -0.39 is 23.3 Å². The minimum Gasteiger partial charge on any atom is -0.465 e. The fraction of sp³-hybridized carbons (Fsp3) is 0.273. The molecule has 0 spiro atoms. The third-order valence-electron chi connectivity index (χ3n) is 2.28. The summed E-state index contributed by atoms with van der Waals surface area (Å²) in [5, 5.41) is 8.87. The number of hydrogen-bond donors (Lipinski definition) is 1. The van der Waals surface area contributed by atoms with Crippen molar-refractivity contribution in [3.8, 4) is 6.07 Å². The van der Waals surface area contributed by atoms with Gasteiger partial charge in [0.05, 0.1) is 23.8 Å². The molecule has 0 saturated carbocycles. The first-order valence-electron chi connectivity index (χ1n) is 4.77. The van der Waals surface area contributed by atoms with Crippen molar-refractivity contribution in [1.29, 1.82) is 5.26 Å². The minimum atomic E-state index is -4.62. The van der Waals surface area contributed by atoms with Crippen LogP contribution in [-0.2, 0) is 17.5 Å². The maximum Gasteiger partial charge on any atom is 0.416 e. The zero-order valence-corrected chi connectivity index (χ0v) is 9.34. The molecule has 0 unspecified atom stereocenters. The first-order chi connectivity index (χ1) is 8.35. The van der Waals surface area contributed by atoms with E-state index in [-0.39, 0.29) is 17.7 Å². The third-order valence-corrected chi connectivity index (χ3v) is 2.28. The molecule has 0 fully saturated rings. The van der Waals surface area contributed by atoms with Crippen molar-refractivity contribution in [3.05, 3.63) is 34.4 Å². The van der Waals surface area contributed by atoms with Crippen molar-refractivity contribution < 1.29 is 22.7 Å². The summed E-state index contributed by atoms with van der Waals surface area (Å²) in [6.45, 7) is -0.281. The van der Waals surface area contributed by atoms with Crippen LogP contribution in [0.5, 0.6) is 0 Å². The lowest BCUT2D eigenvalue weighted by atomic mass is 9.98. The highest BCUT2D eigenvalue weighted by Gasteiger charge is 2.33. The minimum absolute atomic E-state index is 0.0484.